The summed E-state index contributed by atoms with van der Waals surface area (Å²) in [6, 6.07) is 0. The molecule has 62 valence electrons. The number of H-pyrrole nitrogens is 1. The molecule has 6 nitrogen and oxygen atoms in total. The van der Waals surface area contributed by atoms with Crippen molar-refractivity contribution in [2.75, 3.05) is 11.5 Å². The van der Waals surface area contributed by atoms with Crippen molar-refractivity contribution < 1.29 is 0 Å². The number of nitrogens with zero attached hydrogens (tertiary/aromatic N) is 3. The van der Waals surface area contributed by atoms with Gasteiger partial charge in [0.25, 0.3) is 0 Å². The Kier molecular flexibility index (Phi) is 1.53. The number of aromatic nitrogens is 4. The van der Waals surface area contributed by atoms with Crippen LogP contribution in [-0.2, 0) is 0 Å². The highest BCUT2D eigenvalue weighted by molar-refractivity contribution is 14.1. The molecule has 0 amide bonds. The molecule has 2 rings (SSSR count). The Morgan fingerprint density at radius 1 is 1.25 bits per heavy atom. The highest BCUT2D eigenvalue weighted by Gasteiger charge is 2.09. The Labute approximate surface area is 80.9 Å². The minimum Gasteiger partial charge on any atom is -0.383 e. The van der Waals surface area contributed by atoms with Gasteiger partial charge in [0.2, 0.25) is 5.95 Å². The first kappa shape index (κ1) is 7.53. The molecule has 0 aromatic carbocycles. The average molecular weight is 276 g/mol. The molecule has 0 unspecified atom stereocenters. The van der Waals surface area contributed by atoms with Crippen LogP contribution in [0, 0.1) is 3.70 Å². The van der Waals surface area contributed by atoms with E-state index in [-0.39, 0.29) is 5.95 Å². The summed E-state index contributed by atoms with van der Waals surface area (Å²) in [5, 5.41) is 7.35. The fourth-order valence-corrected chi connectivity index (χ4v) is 1.59. The molecule has 2 aromatic heterocycles. The van der Waals surface area contributed by atoms with Gasteiger partial charge >= 0.3 is 0 Å². The third-order valence-electron chi connectivity index (χ3n) is 1.42. The molecule has 0 spiro atoms. The SMILES string of the molecule is Nc1nc(N)c2c(I)n[nH]c2n1. The van der Waals surface area contributed by atoms with E-state index in [0.29, 0.717) is 11.5 Å². The largest absolute Gasteiger partial charge is 0.383 e. The fourth-order valence-electron chi connectivity index (χ4n) is 0.938. The van der Waals surface area contributed by atoms with Crippen LogP contribution in [0.25, 0.3) is 11.0 Å². The highest BCUT2D eigenvalue weighted by Crippen LogP contribution is 2.21. The third-order valence-corrected chi connectivity index (χ3v) is 2.20. The molecule has 2 aromatic rings. The summed E-state index contributed by atoms with van der Waals surface area (Å²) in [5.41, 5.74) is 11.6. The van der Waals surface area contributed by atoms with Crippen molar-refractivity contribution in [2.24, 2.45) is 0 Å². The Balaban J connectivity index is 2.93. The summed E-state index contributed by atoms with van der Waals surface area (Å²) >= 11 is 2.05. The molecule has 0 atom stereocenters. The summed E-state index contributed by atoms with van der Waals surface area (Å²) < 4.78 is 0.750. The maximum absolute atomic E-state index is 5.61. The van der Waals surface area contributed by atoms with Crippen LogP contribution in [-0.4, -0.2) is 20.2 Å². The number of fused-ring (bicyclic) bond motifs is 1. The Bertz CT molecular complexity index is 435. The van der Waals surface area contributed by atoms with Crippen molar-refractivity contribution in [3.8, 4) is 0 Å². The average Bonchev–Trinajstić information content (AvgIpc) is 2.31. The van der Waals surface area contributed by atoms with E-state index < -0.39 is 0 Å². The third kappa shape index (κ3) is 0.967. The molecular weight excluding hydrogens is 271 g/mol. The molecule has 0 saturated heterocycles. The molecule has 0 radical (unpaired) electrons. The molecule has 0 saturated carbocycles. The summed E-state index contributed by atoms with van der Waals surface area (Å²) in [4.78, 5) is 7.74. The van der Waals surface area contributed by atoms with Gasteiger partial charge in [-0.2, -0.15) is 15.1 Å². The molecule has 0 fully saturated rings. The second-order valence-corrected chi connectivity index (χ2v) is 3.23. The lowest BCUT2D eigenvalue weighted by atomic mass is 10.4. The van der Waals surface area contributed by atoms with E-state index in [4.69, 9.17) is 11.5 Å². The van der Waals surface area contributed by atoms with Gasteiger partial charge < -0.3 is 11.5 Å². The normalized spacial score (nSPS) is 10.8. The van der Waals surface area contributed by atoms with Gasteiger partial charge in [0, 0.05) is 0 Å². The van der Waals surface area contributed by atoms with Crippen LogP contribution < -0.4 is 11.5 Å². The van der Waals surface area contributed by atoms with Crippen LogP contribution in [0.2, 0.25) is 0 Å². The van der Waals surface area contributed by atoms with Crippen molar-refractivity contribution >= 4 is 45.4 Å². The van der Waals surface area contributed by atoms with Gasteiger partial charge in [0.05, 0.1) is 5.39 Å². The lowest BCUT2D eigenvalue weighted by molar-refractivity contribution is 1.07. The number of hydrogen-bond donors (Lipinski definition) is 3. The smallest absolute Gasteiger partial charge is 0.224 e. The van der Waals surface area contributed by atoms with Crippen molar-refractivity contribution in [1.82, 2.24) is 20.2 Å². The number of halogens is 1. The van der Waals surface area contributed by atoms with Gasteiger partial charge in [-0.25, -0.2) is 0 Å². The van der Waals surface area contributed by atoms with Crippen LogP contribution in [0.4, 0.5) is 11.8 Å². The van der Waals surface area contributed by atoms with Gasteiger partial charge in [-0.05, 0) is 22.6 Å². The Hall–Kier alpha value is -1.12. The first-order valence-corrected chi connectivity index (χ1v) is 4.19. The minimum atomic E-state index is 0.153. The zero-order valence-electron chi connectivity index (χ0n) is 5.87. The van der Waals surface area contributed by atoms with E-state index in [1.807, 2.05) is 22.6 Å². The van der Waals surface area contributed by atoms with E-state index in [1.165, 1.54) is 0 Å². The van der Waals surface area contributed by atoms with Crippen molar-refractivity contribution in [3.63, 3.8) is 0 Å². The quantitative estimate of drug-likeness (QED) is 0.592. The Morgan fingerprint density at radius 2 is 2.00 bits per heavy atom. The molecule has 0 aliphatic rings. The van der Waals surface area contributed by atoms with Gasteiger partial charge in [-0.1, -0.05) is 0 Å². The summed E-state index contributed by atoms with van der Waals surface area (Å²) in [5.74, 6) is 0.510. The maximum Gasteiger partial charge on any atom is 0.224 e. The number of nitrogens with one attached hydrogen (secondary N) is 1. The summed E-state index contributed by atoms with van der Waals surface area (Å²) in [7, 11) is 0. The zero-order chi connectivity index (χ0) is 8.72. The second kappa shape index (κ2) is 2.44. The van der Waals surface area contributed by atoms with E-state index in [2.05, 4.69) is 20.2 Å². The van der Waals surface area contributed by atoms with E-state index in [1.54, 1.807) is 0 Å². The number of nitrogen functional groups attached to an aromatic ring is 2. The van der Waals surface area contributed by atoms with Crippen LogP contribution >= 0.6 is 22.6 Å². The molecule has 7 heteroatoms. The first-order valence-electron chi connectivity index (χ1n) is 3.11. The maximum atomic E-state index is 5.61. The monoisotopic (exact) mass is 276 g/mol. The van der Waals surface area contributed by atoms with E-state index in [9.17, 15) is 0 Å². The molecular formula is C5H5IN6. The number of nitrogens with two attached hydrogens (primary N) is 2. The topological polar surface area (TPSA) is 106 Å². The molecule has 0 bridgehead atoms. The van der Waals surface area contributed by atoms with Crippen molar-refractivity contribution in [3.05, 3.63) is 3.70 Å². The predicted octanol–water partition coefficient (Wildman–Crippen LogP) is 0.122. The molecule has 12 heavy (non-hydrogen) atoms. The van der Waals surface area contributed by atoms with Crippen molar-refractivity contribution in [2.45, 2.75) is 0 Å². The van der Waals surface area contributed by atoms with Crippen LogP contribution in [0.1, 0.15) is 0 Å². The predicted molar refractivity (Wildman–Crippen MR) is 53.2 cm³/mol. The van der Waals surface area contributed by atoms with Crippen LogP contribution in [0.5, 0.6) is 0 Å². The van der Waals surface area contributed by atoms with Gasteiger partial charge in [-0.3, -0.25) is 5.10 Å². The number of aromatic amines is 1. The summed E-state index contributed by atoms with van der Waals surface area (Å²) in [6.45, 7) is 0. The lowest BCUT2D eigenvalue weighted by Crippen LogP contribution is -1.99. The Morgan fingerprint density at radius 3 is 2.75 bits per heavy atom. The molecule has 2 heterocycles. The van der Waals surface area contributed by atoms with Crippen molar-refractivity contribution in [1.29, 1.82) is 0 Å². The van der Waals surface area contributed by atoms with Crippen LogP contribution in [0.3, 0.4) is 0 Å². The number of rotatable bonds is 0. The number of hydrogen-bond acceptors (Lipinski definition) is 5. The molecule has 5 N–H and O–H groups in total. The fraction of sp³-hybridized carbons (Fsp3) is 0. The van der Waals surface area contributed by atoms with E-state index >= 15 is 0 Å². The first-order chi connectivity index (χ1) is 5.68. The zero-order valence-corrected chi connectivity index (χ0v) is 8.03. The number of anilines is 2. The van der Waals surface area contributed by atoms with Gasteiger partial charge in [0.15, 0.2) is 5.65 Å². The standard InChI is InChI=1S/C5H5IN6/c6-2-1-3(7)9-5(8)10-4(1)12-11-2/h(H5,7,8,9,10,11,12). The van der Waals surface area contributed by atoms with Gasteiger partial charge in [-0.15, -0.1) is 0 Å². The molecule has 0 aliphatic carbocycles. The molecule has 0 aliphatic heterocycles. The van der Waals surface area contributed by atoms with E-state index in [0.717, 1.165) is 9.09 Å². The summed E-state index contributed by atoms with van der Waals surface area (Å²) in [6.07, 6.45) is 0. The highest BCUT2D eigenvalue weighted by atomic mass is 127. The van der Waals surface area contributed by atoms with Gasteiger partial charge in [0.1, 0.15) is 9.52 Å². The minimum absolute atomic E-state index is 0.153. The lowest BCUT2D eigenvalue weighted by Gasteiger charge is -1.95. The van der Waals surface area contributed by atoms with Crippen LogP contribution in [0.15, 0.2) is 0 Å². The second-order valence-electron chi connectivity index (χ2n) is 2.21.